The molecule has 7 heteroatoms. The van der Waals surface area contributed by atoms with Crippen LogP contribution in [0.25, 0.3) is 0 Å². The standard InChI is InChI=1S/C30H33ClN2O4/c1-36-27-13-7-10-23(18-27)20-33(29(34)21-37-26-16-14-24(31)15-17-26)28(19-22-8-3-2-4-9-22)30(35)32-25-11-5-6-12-25/h2-4,7-10,13-18,25,28H,5-6,11-12,19-21H2,1H3,(H,32,35)/t28-/m1/s1. The molecule has 1 aliphatic rings. The molecule has 3 aromatic carbocycles. The van der Waals surface area contributed by atoms with Crippen molar-refractivity contribution in [2.75, 3.05) is 13.7 Å². The van der Waals surface area contributed by atoms with Crippen LogP contribution in [0.3, 0.4) is 0 Å². The second kappa shape index (κ2) is 13.2. The van der Waals surface area contributed by atoms with Gasteiger partial charge in [-0.15, -0.1) is 0 Å². The minimum atomic E-state index is -0.699. The Bertz CT molecular complexity index is 1160. The van der Waals surface area contributed by atoms with Crippen molar-refractivity contribution in [2.24, 2.45) is 0 Å². The van der Waals surface area contributed by atoms with Crippen molar-refractivity contribution < 1.29 is 19.1 Å². The maximum absolute atomic E-state index is 13.7. The molecule has 194 valence electrons. The fourth-order valence-corrected chi connectivity index (χ4v) is 4.77. The molecule has 37 heavy (non-hydrogen) atoms. The van der Waals surface area contributed by atoms with Crippen LogP contribution in [0.5, 0.6) is 11.5 Å². The Labute approximate surface area is 223 Å². The maximum Gasteiger partial charge on any atom is 0.261 e. The molecule has 1 atom stereocenters. The van der Waals surface area contributed by atoms with Gasteiger partial charge in [0.15, 0.2) is 6.61 Å². The number of nitrogens with one attached hydrogen (secondary N) is 1. The van der Waals surface area contributed by atoms with Crippen LogP contribution in [0, 0.1) is 0 Å². The fraction of sp³-hybridized carbons (Fsp3) is 0.333. The second-order valence-corrected chi connectivity index (χ2v) is 9.75. The normalized spacial score (nSPS) is 14.1. The van der Waals surface area contributed by atoms with Gasteiger partial charge in [0.05, 0.1) is 7.11 Å². The van der Waals surface area contributed by atoms with Crippen molar-refractivity contribution in [3.63, 3.8) is 0 Å². The summed E-state index contributed by atoms with van der Waals surface area (Å²) in [7, 11) is 1.61. The van der Waals surface area contributed by atoms with E-state index < -0.39 is 6.04 Å². The molecule has 1 fully saturated rings. The van der Waals surface area contributed by atoms with Crippen molar-refractivity contribution in [2.45, 2.75) is 50.7 Å². The van der Waals surface area contributed by atoms with E-state index in [9.17, 15) is 9.59 Å². The molecule has 6 nitrogen and oxygen atoms in total. The van der Waals surface area contributed by atoms with Gasteiger partial charge in [0.2, 0.25) is 5.91 Å². The fourth-order valence-electron chi connectivity index (χ4n) is 4.65. The molecule has 1 N–H and O–H groups in total. The Morgan fingerprint density at radius 1 is 0.946 bits per heavy atom. The van der Waals surface area contributed by atoms with Crippen molar-refractivity contribution in [1.82, 2.24) is 10.2 Å². The highest BCUT2D eigenvalue weighted by molar-refractivity contribution is 6.30. The molecule has 3 aromatic rings. The third-order valence-corrected chi connectivity index (χ3v) is 6.89. The third-order valence-electron chi connectivity index (χ3n) is 6.64. The van der Waals surface area contributed by atoms with Crippen LogP contribution >= 0.6 is 11.6 Å². The Kier molecular flexibility index (Phi) is 9.44. The van der Waals surface area contributed by atoms with Crippen LogP contribution in [0.15, 0.2) is 78.9 Å². The molecule has 1 aliphatic carbocycles. The average molecular weight is 521 g/mol. The van der Waals surface area contributed by atoms with E-state index in [2.05, 4.69) is 5.32 Å². The van der Waals surface area contributed by atoms with Gasteiger partial charge in [-0.3, -0.25) is 9.59 Å². The molecular formula is C30H33ClN2O4. The molecule has 1 saturated carbocycles. The predicted octanol–water partition coefficient (Wildman–Crippen LogP) is 5.43. The van der Waals surface area contributed by atoms with E-state index in [-0.39, 0.29) is 31.0 Å². The zero-order valence-electron chi connectivity index (χ0n) is 21.1. The molecule has 0 aliphatic heterocycles. The quantitative estimate of drug-likeness (QED) is 0.366. The number of amides is 2. The van der Waals surface area contributed by atoms with Gasteiger partial charge in [0.25, 0.3) is 5.91 Å². The lowest BCUT2D eigenvalue weighted by atomic mass is 10.0. The second-order valence-electron chi connectivity index (χ2n) is 9.31. The lowest BCUT2D eigenvalue weighted by Gasteiger charge is -2.32. The van der Waals surface area contributed by atoms with Crippen LogP contribution in [0.4, 0.5) is 0 Å². The summed E-state index contributed by atoms with van der Waals surface area (Å²) in [5.41, 5.74) is 1.85. The lowest BCUT2D eigenvalue weighted by Crippen LogP contribution is -2.53. The zero-order chi connectivity index (χ0) is 26.0. The maximum atomic E-state index is 13.7. The molecule has 0 bridgehead atoms. The number of nitrogens with zero attached hydrogens (tertiary/aromatic N) is 1. The lowest BCUT2D eigenvalue weighted by molar-refractivity contribution is -0.143. The van der Waals surface area contributed by atoms with Crippen molar-refractivity contribution >= 4 is 23.4 Å². The van der Waals surface area contributed by atoms with Crippen molar-refractivity contribution in [3.05, 3.63) is 95.0 Å². The summed E-state index contributed by atoms with van der Waals surface area (Å²) in [4.78, 5) is 29.0. The van der Waals surface area contributed by atoms with Gasteiger partial charge >= 0.3 is 0 Å². The van der Waals surface area contributed by atoms with Gasteiger partial charge in [-0.1, -0.05) is 66.9 Å². The molecule has 2 amide bonds. The number of hydrogen-bond acceptors (Lipinski definition) is 4. The number of hydrogen-bond donors (Lipinski definition) is 1. The van der Waals surface area contributed by atoms with Crippen LogP contribution < -0.4 is 14.8 Å². The van der Waals surface area contributed by atoms with E-state index in [1.165, 1.54) is 0 Å². The summed E-state index contributed by atoms with van der Waals surface area (Å²) < 4.78 is 11.2. The van der Waals surface area contributed by atoms with E-state index in [0.717, 1.165) is 36.8 Å². The predicted molar refractivity (Wildman–Crippen MR) is 145 cm³/mol. The molecule has 0 spiro atoms. The number of carbonyl (C=O) groups is 2. The zero-order valence-corrected chi connectivity index (χ0v) is 21.8. The van der Waals surface area contributed by atoms with E-state index >= 15 is 0 Å². The van der Waals surface area contributed by atoms with Crippen LogP contribution in [0.1, 0.15) is 36.8 Å². The highest BCUT2D eigenvalue weighted by Gasteiger charge is 2.32. The van der Waals surface area contributed by atoms with Gasteiger partial charge in [-0.2, -0.15) is 0 Å². The molecule has 0 aromatic heterocycles. The molecule has 0 radical (unpaired) electrons. The van der Waals surface area contributed by atoms with Gasteiger partial charge in [-0.05, 0) is 60.4 Å². The molecular weight excluding hydrogens is 488 g/mol. The van der Waals surface area contributed by atoms with Crippen molar-refractivity contribution in [3.8, 4) is 11.5 Å². The summed E-state index contributed by atoms with van der Waals surface area (Å²) in [5, 5.41) is 3.80. The molecule has 0 unspecified atom stereocenters. The van der Waals surface area contributed by atoms with Crippen molar-refractivity contribution in [1.29, 1.82) is 0 Å². The van der Waals surface area contributed by atoms with E-state index in [0.29, 0.717) is 22.9 Å². The van der Waals surface area contributed by atoms with E-state index in [4.69, 9.17) is 21.1 Å². The Morgan fingerprint density at radius 3 is 2.35 bits per heavy atom. The Hall–Kier alpha value is -3.51. The van der Waals surface area contributed by atoms with Crippen LogP contribution in [0.2, 0.25) is 5.02 Å². The molecule has 0 saturated heterocycles. The first-order valence-electron chi connectivity index (χ1n) is 12.7. The summed E-state index contributed by atoms with van der Waals surface area (Å²) in [6, 6.07) is 23.6. The third kappa shape index (κ3) is 7.73. The monoisotopic (exact) mass is 520 g/mol. The minimum absolute atomic E-state index is 0.140. The topological polar surface area (TPSA) is 67.9 Å². The first kappa shape index (κ1) is 26.6. The van der Waals surface area contributed by atoms with Gasteiger partial charge in [-0.25, -0.2) is 0 Å². The summed E-state index contributed by atoms with van der Waals surface area (Å²) >= 11 is 5.98. The SMILES string of the molecule is COc1cccc(CN(C(=O)COc2ccc(Cl)cc2)[C@H](Cc2ccccc2)C(=O)NC2CCCC2)c1. The molecule has 0 heterocycles. The number of carbonyl (C=O) groups excluding carboxylic acids is 2. The smallest absolute Gasteiger partial charge is 0.261 e. The van der Waals surface area contributed by atoms with Crippen LogP contribution in [-0.4, -0.2) is 42.5 Å². The van der Waals surface area contributed by atoms with Gasteiger partial charge < -0.3 is 19.7 Å². The minimum Gasteiger partial charge on any atom is -0.497 e. The van der Waals surface area contributed by atoms with E-state index in [1.807, 2.05) is 54.6 Å². The first-order chi connectivity index (χ1) is 18.0. The summed E-state index contributed by atoms with van der Waals surface area (Å²) in [6.45, 7) is 0.0448. The Balaban J connectivity index is 1.61. The largest absolute Gasteiger partial charge is 0.497 e. The first-order valence-corrected chi connectivity index (χ1v) is 13.0. The highest BCUT2D eigenvalue weighted by Crippen LogP contribution is 2.22. The number of rotatable bonds is 11. The van der Waals surface area contributed by atoms with Gasteiger partial charge in [0, 0.05) is 24.0 Å². The molecule has 4 rings (SSSR count). The summed E-state index contributed by atoms with van der Waals surface area (Å²) in [6.07, 6.45) is 4.54. The average Bonchev–Trinajstić information content (AvgIpc) is 3.44. The number of benzene rings is 3. The van der Waals surface area contributed by atoms with Gasteiger partial charge in [0.1, 0.15) is 17.5 Å². The highest BCUT2D eigenvalue weighted by atomic mass is 35.5. The van der Waals surface area contributed by atoms with Crippen LogP contribution in [-0.2, 0) is 22.6 Å². The Morgan fingerprint density at radius 2 is 1.65 bits per heavy atom. The number of methoxy groups -OCH3 is 1. The van der Waals surface area contributed by atoms with E-state index in [1.54, 1.807) is 36.3 Å². The number of halogens is 1. The number of ether oxygens (including phenoxy) is 2. The summed E-state index contributed by atoms with van der Waals surface area (Å²) in [5.74, 6) is 0.810.